The minimum Gasteiger partial charge on any atom is -0.482 e. The third kappa shape index (κ3) is 3.58. The topological polar surface area (TPSA) is 41.6 Å². The molecule has 0 bridgehead atoms. The number of nitrogens with one attached hydrogen (secondary N) is 1. The lowest BCUT2D eigenvalue weighted by molar-refractivity contribution is 0.0340. The van der Waals surface area contributed by atoms with Crippen LogP contribution < -0.4 is 10.1 Å². The van der Waals surface area contributed by atoms with Gasteiger partial charge in [-0.25, -0.2) is 0 Å². The zero-order chi connectivity index (χ0) is 20.4. The fourth-order valence-electron chi connectivity index (χ4n) is 4.45. The molecule has 0 aliphatic carbocycles. The summed E-state index contributed by atoms with van der Waals surface area (Å²) in [4.78, 5) is 14.5. The number of piperidine rings is 1. The van der Waals surface area contributed by atoms with Gasteiger partial charge in [0.1, 0.15) is 11.4 Å². The van der Waals surface area contributed by atoms with Gasteiger partial charge < -0.3 is 15.0 Å². The van der Waals surface area contributed by atoms with Gasteiger partial charge >= 0.3 is 0 Å². The third-order valence-corrected chi connectivity index (χ3v) is 6.34. The summed E-state index contributed by atoms with van der Waals surface area (Å²) in [5, 5.41) is 3.47. The van der Waals surface area contributed by atoms with Crippen molar-refractivity contribution in [3.05, 3.63) is 71.3 Å². The number of nitrogens with zero attached hydrogens (tertiary/aromatic N) is 1. The Morgan fingerprint density at radius 1 is 1.14 bits per heavy atom. The molecule has 2 unspecified atom stereocenters. The highest BCUT2D eigenvalue weighted by Crippen LogP contribution is 2.44. The third-order valence-electron chi connectivity index (χ3n) is 6.34. The average molecular weight is 391 g/mol. The summed E-state index contributed by atoms with van der Waals surface area (Å²) >= 11 is 0. The van der Waals surface area contributed by atoms with Crippen LogP contribution >= 0.6 is 0 Å². The Kier molecular flexibility index (Phi) is 5.46. The molecule has 2 aromatic rings. The molecular weight excluding hydrogens is 360 g/mol. The van der Waals surface area contributed by atoms with Crippen molar-refractivity contribution in [2.24, 2.45) is 5.92 Å². The number of carbonyl (C=O) groups is 1. The number of hydrogen-bond acceptors (Lipinski definition) is 3. The van der Waals surface area contributed by atoms with Gasteiger partial charge in [0.25, 0.3) is 5.91 Å². The highest BCUT2D eigenvalue weighted by Gasteiger charge is 2.42. The van der Waals surface area contributed by atoms with Gasteiger partial charge in [-0.15, -0.1) is 0 Å². The number of hydrogen-bond donors (Lipinski definition) is 1. The summed E-state index contributed by atoms with van der Waals surface area (Å²) in [5.41, 5.74) is 3.89. The molecule has 2 aliphatic rings. The van der Waals surface area contributed by atoms with Gasteiger partial charge in [0.2, 0.25) is 0 Å². The van der Waals surface area contributed by atoms with Crippen LogP contribution in [0.4, 0.5) is 0 Å². The summed E-state index contributed by atoms with van der Waals surface area (Å²) in [5.74, 6) is 1.41. The molecule has 0 radical (unpaired) electrons. The lowest BCUT2D eigenvalue weighted by Gasteiger charge is -2.44. The second-order valence-corrected chi connectivity index (χ2v) is 8.02. The number of para-hydroxylation sites is 1. The van der Waals surface area contributed by atoms with Gasteiger partial charge in [-0.05, 0) is 55.8 Å². The normalized spacial score (nSPS) is 23.1. The van der Waals surface area contributed by atoms with E-state index >= 15 is 0 Å². The van der Waals surface area contributed by atoms with Crippen LogP contribution in [-0.2, 0) is 0 Å². The minimum absolute atomic E-state index is 0.0892. The van der Waals surface area contributed by atoms with E-state index in [0.717, 1.165) is 55.0 Å². The molecule has 4 rings (SSSR count). The molecule has 2 heterocycles. The van der Waals surface area contributed by atoms with Crippen molar-refractivity contribution in [3.8, 4) is 5.75 Å². The molecule has 2 aromatic carbocycles. The number of fused-ring (bicyclic) bond motifs is 1. The van der Waals surface area contributed by atoms with E-state index in [4.69, 9.17) is 4.74 Å². The minimum atomic E-state index is -0.287. The smallest absolute Gasteiger partial charge is 0.253 e. The summed E-state index contributed by atoms with van der Waals surface area (Å²) in [6.45, 7) is 9.62. The van der Waals surface area contributed by atoms with Gasteiger partial charge in [-0.1, -0.05) is 37.3 Å². The number of rotatable bonds is 4. The van der Waals surface area contributed by atoms with E-state index in [9.17, 15) is 4.79 Å². The van der Waals surface area contributed by atoms with E-state index in [1.165, 1.54) is 5.57 Å². The molecule has 1 saturated heterocycles. The second kappa shape index (κ2) is 8.03. The lowest BCUT2D eigenvalue weighted by Crippen LogP contribution is -2.52. The zero-order valence-corrected chi connectivity index (χ0v) is 17.6. The summed E-state index contributed by atoms with van der Waals surface area (Å²) < 4.78 is 6.57. The average Bonchev–Trinajstić information content (AvgIpc) is 2.76. The van der Waals surface area contributed by atoms with Crippen molar-refractivity contribution in [2.75, 3.05) is 26.2 Å². The molecule has 4 heteroatoms. The van der Waals surface area contributed by atoms with Gasteiger partial charge in [-0.3, -0.25) is 4.79 Å². The zero-order valence-electron chi connectivity index (χ0n) is 17.6. The summed E-state index contributed by atoms with van der Waals surface area (Å²) in [6, 6.07) is 16.3. The number of carbonyl (C=O) groups excluding carboxylic acids is 1. The van der Waals surface area contributed by atoms with Crippen molar-refractivity contribution in [1.82, 2.24) is 10.2 Å². The molecule has 2 atom stereocenters. The van der Waals surface area contributed by atoms with Crippen LogP contribution in [0.25, 0.3) is 5.57 Å². The van der Waals surface area contributed by atoms with Crippen LogP contribution in [0.3, 0.4) is 0 Å². The first-order valence-electron chi connectivity index (χ1n) is 10.7. The Hall–Kier alpha value is -2.59. The largest absolute Gasteiger partial charge is 0.482 e. The monoisotopic (exact) mass is 390 g/mol. The van der Waals surface area contributed by atoms with Crippen LogP contribution in [0.2, 0.25) is 0 Å². The van der Waals surface area contributed by atoms with Crippen LogP contribution in [0.15, 0.2) is 54.6 Å². The fourth-order valence-corrected chi connectivity index (χ4v) is 4.45. The van der Waals surface area contributed by atoms with E-state index in [1.54, 1.807) is 0 Å². The molecule has 4 nitrogen and oxygen atoms in total. The van der Waals surface area contributed by atoms with Crippen LogP contribution in [0, 0.1) is 5.92 Å². The maximum absolute atomic E-state index is 12.7. The Balaban J connectivity index is 1.73. The van der Waals surface area contributed by atoms with Gasteiger partial charge in [0.05, 0.1) is 0 Å². The quantitative estimate of drug-likeness (QED) is 0.843. The molecule has 152 valence electrons. The predicted octanol–water partition coefficient (Wildman–Crippen LogP) is 4.36. The Labute approximate surface area is 173 Å². The molecule has 0 aromatic heterocycles. The maximum atomic E-state index is 12.7. The van der Waals surface area contributed by atoms with Crippen molar-refractivity contribution in [1.29, 1.82) is 0 Å². The van der Waals surface area contributed by atoms with Crippen molar-refractivity contribution >= 4 is 11.5 Å². The van der Waals surface area contributed by atoms with Crippen LogP contribution in [0.5, 0.6) is 5.75 Å². The van der Waals surface area contributed by atoms with Crippen LogP contribution in [-0.4, -0.2) is 42.6 Å². The first kappa shape index (κ1) is 19.7. The van der Waals surface area contributed by atoms with Gasteiger partial charge in [0.15, 0.2) is 0 Å². The Morgan fingerprint density at radius 2 is 1.86 bits per heavy atom. The van der Waals surface area contributed by atoms with Gasteiger partial charge in [0, 0.05) is 43.1 Å². The molecule has 1 spiro atoms. The van der Waals surface area contributed by atoms with Gasteiger partial charge in [-0.2, -0.15) is 0 Å². The van der Waals surface area contributed by atoms with E-state index in [-0.39, 0.29) is 11.5 Å². The molecule has 1 N–H and O–H groups in total. The summed E-state index contributed by atoms with van der Waals surface area (Å²) in [6.07, 6.45) is 3.27. The lowest BCUT2D eigenvalue weighted by atomic mass is 9.77. The standard InChI is InChI=1S/C25H30N2O2/c1-4-27(5-2)24(28)20-12-10-19(11-13-20)22-16-25(14-15-26-17-18(25)3)29-23-9-7-6-8-21(22)23/h6-13,16,18,26H,4-5,14-15,17H2,1-3H3. The fraction of sp³-hybridized carbons (Fsp3) is 0.400. The first-order valence-corrected chi connectivity index (χ1v) is 10.7. The number of amides is 1. The maximum Gasteiger partial charge on any atom is 0.253 e. The van der Waals surface area contributed by atoms with E-state index in [2.05, 4.69) is 48.6 Å². The first-order chi connectivity index (χ1) is 14.1. The van der Waals surface area contributed by atoms with Crippen LogP contribution in [0.1, 0.15) is 48.7 Å². The van der Waals surface area contributed by atoms with E-state index in [0.29, 0.717) is 5.92 Å². The molecular formula is C25H30N2O2. The SMILES string of the molecule is CCN(CC)C(=O)c1ccc(C2=CC3(CCNCC3C)Oc3ccccc32)cc1. The summed E-state index contributed by atoms with van der Waals surface area (Å²) in [7, 11) is 0. The van der Waals surface area contributed by atoms with Crippen molar-refractivity contribution in [2.45, 2.75) is 32.8 Å². The molecule has 1 fully saturated rings. The van der Waals surface area contributed by atoms with Crippen molar-refractivity contribution in [3.63, 3.8) is 0 Å². The highest BCUT2D eigenvalue weighted by molar-refractivity contribution is 5.95. The van der Waals surface area contributed by atoms with E-state index in [1.807, 2.05) is 36.9 Å². The second-order valence-electron chi connectivity index (χ2n) is 8.02. The number of ether oxygens (including phenoxy) is 1. The molecule has 2 aliphatic heterocycles. The number of benzene rings is 2. The Morgan fingerprint density at radius 3 is 2.55 bits per heavy atom. The molecule has 1 amide bonds. The highest BCUT2D eigenvalue weighted by atomic mass is 16.5. The molecule has 29 heavy (non-hydrogen) atoms. The van der Waals surface area contributed by atoms with Crippen molar-refractivity contribution < 1.29 is 9.53 Å². The molecule has 0 saturated carbocycles. The van der Waals surface area contributed by atoms with E-state index < -0.39 is 0 Å². The Bertz CT molecular complexity index is 915. The predicted molar refractivity (Wildman–Crippen MR) is 117 cm³/mol.